The lowest BCUT2D eigenvalue weighted by molar-refractivity contribution is 0.560. The predicted molar refractivity (Wildman–Crippen MR) is 119 cm³/mol. The molecule has 2 aromatic carbocycles. The molecule has 0 aliphatic rings. The number of sulfonamides is 1. The third-order valence-electron chi connectivity index (χ3n) is 4.17. The summed E-state index contributed by atoms with van der Waals surface area (Å²) in [5.74, 6) is 0. The van der Waals surface area contributed by atoms with E-state index in [0.29, 0.717) is 16.7 Å². The van der Waals surface area contributed by atoms with E-state index in [0.717, 1.165) is 5.56 Å². The maximum absolute atomic E-state index is 12.4. The largest absolute Gasteiger partial charge is 0.422 e. The Labute approximate surface area is 180 Å². The van der Waals surface area contributed by atoms with Crippen LogP contribution < -0.4 is 10.3 Å². The molecule has 1 N–H and O–H groups in total. The fourth-order valence-corrected chi connectivity index (χ4v) is 4.76. The number of hydrogen-bond donors (Lipinski definition) is 1. The summed E-state index contributed by atoms with van der Waals surface area (Å²) in [7, 11) is -3.75. The number of fused-ring (bicyclic) bond motifs is 1. The Morgan fingerprint density at radius 2 is 1.97 bits per heavy atom. The third kappa shape index (κ3) is 4.13. The summed E-state index contributed by atoms with van der Waals surface area (Å²) in [6.07, 6.45) is 2.82. The first-order valence-corrected chi connectivity index (χ1v) is 11.4. The molecule has 0 bridgehead atoms. The standard InChI is InChI=1S/C20H14ClN3O4S2/c1-12-2-7-17-15(10-12)18(21)16(19(25)28-17)11-23-13-3-5-14(6-4-13)30(26,27)24-20-22-8-9-29-20/h2-11H,1H3,(H,22,24). The summed E-state index contributed by atoms with van der Waals surface area (Å²) in [6, 6.07) is 11.2. The molecule has 0 spiro atoms. The van der Waals surface area contributed by atoms with Crippen LogP contribution in [0.25, 0.3) is 11.0 Å². The van der Waals surface area contributed by atoms with Gasteiger partial charge < -0.3 is 4.42 Å². The number of benzene rings is 2. The summed E-state index contributed by atoms with van der Waals surface area (Å²) < 4.78 is 32.5. The van der Waals surface area contributed by atoms with Crippen LogP contribution in [0.3, 0.4) is 0 Å². The van der Waals surface area contributed by atoms with Crippen LogP contribution in [0.5, 0.6) is 0 Å². The summed E-state index contributed by atoms with van der Waals surface area (Å²) in [4.78, 5) is 20.5. The molecule has 0 atom stereocenters. The van der Waals surface area contributed by atoms with E-state index in [1.807, 2.05) is 19.1 Å². The van der Waals surface area contributed by atoms with Crippen LogP contribution in [0.2, 0.25) is 5.02 Å². The second kappa shape index (κ2) is 8.02. The van der Waals surface area contributed by atoms with Crippen LogP contribution in [0, 0.1) is 6.92 Å². The van der Waals surface area contributed by atoms with Gasteiger partial charge in [0.05, 0.1) is 21.2 Å². The highest BCUT2D eigenvalue weighted by Gasteiger charge is 2.15. The van der Waals surface area contributed by atoms with E-state index in [1.54, 1.807) is 11.4 Å². The second-order valence-electron chi connectivity index (χ2n) is 6.31. The SMILES string of the molecule is Cc1ccc2oc(=O)c(C=Nc3ccc(S(=O)(=O)Nc4nccs4)cc3)c(Cl)c2c1. The van der Waals surface area contributed by atoms with Crippen molar-refractivity contribution in [2.75, 3.05) is 4.72 Å². The number of nitrogens with zero attached hydrogens (tertiary/aromatic N) is 2. The van der Waals surface area contributed by atoms with Gasteiger partial charge in [-0.1, -0.05) is 23.2 Å². The van der Waals surface area contributed by atoms with Crippen LogP contribution in [-0.2, 0) is 10.0 Å². The van der Waals surface area contributed by atoms with Crippen molar-refractivity contribution in [2.45, 2.75) is 11.8 Å². The number of hydrogen-bond acceptors (Lipinski definition) is 7. The Balaban J connectivity index is 1.61. The molecule has 10 heteroatoms. The van der Waals surface area contributed by atoms with E-state index < -0.39 is 15.6 Å². The zero-order chi connectivity index (χ0) is 21.3. The molecule has 0 aliphatic heterocycles. The van der Waals surface area contributed by atoms with Gasteiger partial charge in [0.1, 0.15) is 5.58 Å². The molecule has 0 aliphatic carbocycles. The number of aliphatic imine (C=N–C) groups is 1. The summed E-state index contributed by atoms with van der Waals surface area (Å²) in [6.45, 7) is 1.91. The van der Waals surface area contributed by atoms with E-state index in [4.69, 9.17) is 16.0 Å². The molecule has 4 rings (SSSR count). The first-order chi connectivity index (χ1) is 14.3. The first kappa shape index (κ1) is 20.3. The highest BCUT2D eigenvalue weighted by molar-refractivity contribution is 7.93. The van der Waals surface area contributed by atoms with Crippen molar-refractivity contribution in [1.82, 2.24) is 4.98 Å². The summed E-state index contributed by atoms with van der Waals surface area (Å²) >= 11 is 7.58. The maximum atomic E-state index is 12.4. The Hall–Kier alpha value is -3.01. The second-order valence-corrected chi connectivity index (χ2v) is 9.27. The monoisotopic (exact) mass is 459 g/mol. The van der Waals surface area contributed by atoms with Crippen molar-refractivity contribution in [3.05, 3.63) is 80.6 Å². The molecule has 152 valence electrons. The van der Waals surface area contributed by atoms with Crippen LogP contribution in [0.4, 0.5) is 10.8 Å². The van der Waals surface area contributed by atoms with E-state index in [2.05, 4.69) is 14.7 Å². The van der Waals surface area contributed by atoms with Gasteiger partial charge in [-0.2, -0.15) is 0 Å². The highest BCUT2D eigenvalue weighted by Crippen LogP contribution is 2.26. The van der Waals surface area contributed by atoms with Crippen molar-refractivity contribution >= 4 is 61.0 Å². The van der Waals surface area contributed by atoms with Gasteiger partial charge >= 0.3 is 5.63 Å². The molecule has 0 saturated carbocycles. The zero-order valence-electron chi connectivity index (χ0n) is 15.5. The van der Waals surface area contributed by atoms with Crippen molar-refractivity contribution in [3.8, 4) is 0 Å². The number of nitrogens with one attached hydrogen (secondary N) is 1. The van der Waals surface area contributed by atoms with Crippen LogP contribution in [-0.4, -0.2) is 19.6 Å². The number of thiazole rings is 1. The molecule has 30 heavy (non-hydrogen) atoms. The van der Waals surface area contributed by atoms with E-state index in [-0.39, 0.29) is 20.6 Å². The fourth-order valence-electron chi connectivity index (χ4n) is 2.70. The number of aromatic nitrogens is 1. The van der Waals surface area contributed by atoms with E-state index >= 15 is 0 Å². The van der Waals surface area contributed by atoms with E-state index in [1.165, 1.54) is 48.0 Å². The molecule has 2 heterocycles. The van der Waals surface area contributed by atoms with Crippen molar-refractivity contribution < 1.29 is 12.8 Å². The molecule has 0 fully saturated rings. The average Bonchev–Trinajstić information content (AvgIpc) is 3.21. The lowest BCUT2D eigenvalue weighted by atomic mass is 10.1. The Morgan fingerprint density at radius 1 is 1.20 bits per heavy atom. The van der Waals surface area contributed by atoms with Crippen molar-refractivity contribution in [1.29, 1.82) is 0 Å². The highest BCUT2D eigenvalue weighted by atomic mass is 35.5. The van der Waals surface area contributed by atoms with Crippen molar-refractivity contribution in [3.63, 3.8) is 0 Å². The van der Waals surface area contributed by atoms with Gasteiger partial charge in [-0.05, 0) is 43.3 Å². The topological polar surface area (TPSA) is 102 Å². The zero-order valence-corrected chi connectivity index (χ0v) is 17.9. The Morgan fingerprint density at radius 3 is 2.67 bits per heavy atom. The number of anilines is 1. The Bertz CT molecular complexity index is 1410. The maximum Gasteiger partial charge on any atom is 0.346 e. The predicted octanol–water partition coefficient (Wildman–Crippen LogP) is 4.76. The molecule has 0 unspecified atom stereocenters. The van der Waals surface area contributed by atoms with Gasteiger partial charge in [-0.3, -0.25) is 9.71 Å². The van der Waals surface area contributed by atoms with Crippen LogP contribution in [0.15, 0.2) is 73.1 Å². The summed E-state index contributed by atoms with van der Waals surface area (Å²) in [5.41, 5.74) is 1.34. The lowest BCUT2D eigenvalue weighted by Gasteiger charge is -2.05. The molecular weight excluding hydrogens is 446 g/mol. The lowest BCUT2D eigenvalue weighted by Crippen LogP contribution is -2.12. The number of halogens is 1. The minimum absolute atomic E-state index is 0.0652. The quantitative estimate of drug-likeness (QED) is 0.342. The van der Waals surface area contributed by atoms with Gasteiger partial charge in [-0.25, -0.2) is 18.2 Å². The van der Waals surface area contributed by atoms with Gasteiger partial charge in [-0.15, -0.1) is 11.3 Å². The van der Waals surface area contributed by atoms with Crippen LogP contribution in [0.1, 0.15) is 11.1 Å². The smallest absolute Gasteiger partial charge is 0.346 e. The molecule has 2 aromatic heterocycles. The van der Waals surface area contributed by atoms with E-state index in [9.17, 15) is 13.2 Å². The number of aryl methyl sites for hydroxylation is 1. The van der Waals surface area contributed by atoms with Crippen molar-refractivity contribution in [2.24, 2.45) is 4.99 Å². The fraction of sp³-hybridized carbons (Fsp3) is 0.0500. The number of rotatable bonds is 5. The summed E-state index contributed by atoms with van der Waals surface area (Å²) in [5, 5.41) is 2.82. The molecule has 0 amide bonds. The average molecular weight is 460 g/mol. The van der Waals surface area contributed by atoms with Gasteiger partial charge in [0.2, 0.25) is 0 Å². The van der Waals surface area contributed by atoms with Gasteiger partial charge in [0.15, 0.2) is 5.13 Å². The van der Waals surface area contributed by atoms with Gasteiger partial charge in [0, 0.05) is 23.2 Å². The molecule has 0 radical (unpaired) electrons. The minimum atomic E-state index is -3.75. The molecular formula is C20H14ClN3O4S2. The third-order valence-corrected chi connectivity index (χ3v) is 6.75. The first-order valence-electron chi connectivity index (χ1n) is 8.63. The normalized spacial score (nSPS) is 11.9. The minimum Gasteiger partial charge on any atom is -0.422 e. The Kier molecular flexibility index (Phi) is 5.42. The van der Waals surface area contributed by atoms with Crippen LogP contribution >= 0.6 is 22.9 Å². The molecule has 4 aromatic rings. The van der Waals surface area contributed by atoms with Gasteiger partial charge in [0.25, 0.3) is 10.0 Å². The molecule has 0 saturated heterocycles. The molecule has 7 nitrogen and oxygen atoms in total.